The second kappa shape index (κ2) is 5.75. The van der Waals surface area contributed by atoms with Gasteiger partial charge in [0.15, 0.2) is 0 Å². The molecule has 90 valence electrons. The quantitative estimate of drug-likeness (QED) is 0.854. The molecule has 0 aromatic carbocycles. The normalized spacial score (nSPS) is 14.2. The van der Waals surface area contributed by atoms with E-state index in [0.29, 0.717) is 12.4 Å². The summed E-state index contributed by atoms with van der Waals surface area (Å²) >= 11 is 1.57. The predicted octanol–water partition coefficient (Wildman–Crippen LogP) is 2.46. The van der Waals surface area contributed by atoms with Gasteiger partial charge in [-0.2, -0.15) is 0 Å². The minimum atomic E-state index is -0.429. The smallest absolute Gasteiger partial charge is 0.222 e. The van der Waals surface area contributed by atoms with Crippen molar-refractivity contribution in [2.45, 2.75) is 25.5 Å². The van der Waals surface area contributed by atoms with Crippen LogP contribution in [-0.4, -0.2) is 21.1 Å². The topological polar surface area (TPSA) is 58.0 Å². The zero-order valence-corrected chi connectivity index (χ0v) is 10.4. The largest absolute Gasteiger partial charge is 0.387 e. The summed E-state index contributed by atoms with van der Waals surface area (Å²) in [5.74, 6) is 0.596. The maximum atomic E-state index is 9.99. The summed E-state index contributed by atoms with van der Waals surface area (Å²) in [4.78, 5) is 9.17. The molecule has 2 rings (SSSR count). The average molecular weight is 249 g/mol. The lowest BCUT2D eigenvalue weighted by atomic mass is 10.1. The van der Waals surface area contributed by atoms with Gasteiger partial charge in [0.05, 0.1) is 6.10 Å². The molecule has 0 radical (unpaired) electrons. The molecule has 2 aromatic heterocycles. The van der Waals surface area contributed by atoms with E-state index in [1.165, 1.54) is 0 Å². The molecule has 0 aliphatic heterocycles. The van der Waals surface area contributed by atoms with E-state index in [0.717, 1.165) is 4.88 Å². The monoisotopic (exact) mass is 249 g/mol. The maximum Gasteiger partial charge on any atom is 0.222 e. The maximum absolute atomic E-state index is 9.99. The Morgan fingerprint density at radius 1 is 1.35 bits per heavy atom. The van der Waals surface area contributed by atoms with Gasteiger partial charge in [-0.1, -0.05) is 6.07 Å². The van der Waals surface area contributed by atoms with Crippen LogP contribution < -0.4 is 5.32 Å². The number of rotatable bonds is 5. The van der Waals surface area contributed by atoms with E-state index in [9.17, 15) is 5.11 Å². The number of thiophene rings is 1. The van der Waals surface area contributed by atoms with Crippen molar-refractivity contribution in [2.24, 2.45) is 0 Å². The molecule has 0 spiro atoms. The lowest BCUT2D eigenvalue weighted by Gasteiger charge is -2.16. The summed E-state index contributed by atoms with van der Waals surface area (Å²) in [6.07, 6.45) is 3.59. The van der Waals surface area contributed by atoms with Gasteiger partial charge in [-0.05, 0) is 30.9 Å². The van der Waals surface area contributed by atoms with E-state index in [4.69, 9.17) is 0 Å². The van der Waals surface area contributed by atoms with Crippen LogP contribution in [0.1, 0.15) is 24.3 Å². The first-order valence-corrected chi connectivity index (χ1v) is 6.38. The molecule has 4 nitrogen and oxygen atoms in total. The number of aliphatic hydroxyl groups excluding tert-OH is 1. The van der Waals surface area contributed by atoms with Gasteiger partial charge >= 0.3 is 0 Å². The summed E-state index contributed by atoms with van der Waals surface area (Å²) in [5, 5.41) is 15.1. The lowest BCUT2D eigenvalue weighted by molar-refractivity contribution is 0.166. The third-order valence-corrected chi connectivity index (χ3v) is 3.36. The van der Waals surface area contributed by atoms with Crippen LogP contribution in [0.4, 0.5) is 5.95 Å². The number of hydrogen-bond acceptors (Lipinski definition) is 5. The Hall–Kier alpha value is -1.46. The molecule has 2 N–H and O–H groups in total. The van der Waals surface area contributed by atoms with Crippen molar-refractivity contribution in [1.29, 1.82) is 0 Å². The standard InChI is InChI=1S/C12H15N3OS/c1-9(15-12-13-5-3-6-14-12)8-10(16)11-4-2-7-17-11/h2-7,9-10,16H,8H2,1H3,(H,13,14,15). The predicted molar refractivity (Wildman–Crippen MR) is 69.0 cm³/mol. The van der Waals surface area contributed by atoms with Crippen LogP contribution in [0.15, 0.2) is 36.0 Å². The van der Waals surface area contributed by atoms with Crippen molar-refractivity contribution < 1.29 is 5.11 Å². The number of nitrogens with zero attached hydrogens (tertiary/aromatic N) is 2. The molecular weight excluding hydrogens is 234 g/mol. The van der Waals surface area contributed by atoms with Crippen molar-refractivity contribution >= 4 is 17.3 Å². The van der Waals surface area contributed by atoms with Crippen molar-refractivity contribution in [1.82, 2.24) is 9.97 Å². The Morgan fingerprint density at radius 3 is 2.76 bits per heavy atom. The van der Waals surface area contributed by atoms with Gasteiger partial charge in [0.2, 0.25) is 5.95 Å². The van der Waals surface area contributed by atoms with Gasteiger partial charge in [0, 0.05) is 23.3 Å². The molecule has 2 atom stereocenters. The lowest BCUT2D eigenvalue weighted by Crippen LogP contribution is -2.19. The van der Waals surface area contributed by atoms with E-state index < -0.39 is 6.10 Å². The third kappa shape index (κ3) is 3.51. The molecule has 0 saturated carbocycles. The highest BCUT2D eigenvalue weighted by Gasteiger charge is 2.13. The molecule has 2 aromatic rings. The molecule has 0 fully saturated rings. The van der Waals surface area contributed by atoms with Crippen LogP contribution in [0, 0.1) is 0 Å². The number of hydrogen-bond donors (Lipinski definition) is 2. The zero-order chi connectivity index (χ0) is 12.1. The van der Waals surface area contributed by atoms with Crippen LogP contribution in [-0.2, 0) is 0 Å². The molecule has 0 amide bonds. The first kappa shape index (κ1) is 12.0. The SMILES string of the molecule is CC(CC(O)c1cccs1)Nc1ncccn1. The molecule has 5 heteroatoms. The average Bonchev–Trinajstić information content (AvgIpc) is 2.83. The van der Waals surface area contributed by atoms with Crippen LogP contribution in [0.25, 0.3) is 0 Å². The molecular formula is C12H15N3OS. The second-order valence-corrected chi connectivity index (χ2v) is 4.86. The van der Waals surface area contributed by atoms with Gasteiger partial charge in [-0.25, -0.2) is 9.97 Å². The number of nitrogens with one attached hydrogen (secondary N) is 1. The Labute approximate surface area is 104 Å². The van der Waals surface area contributed by atoms with Crippen molar-refractivity contribution in [3.63, 3.8) is 0 Å². The Morgan fingerprint density at radius 2 is 2.12 bits per heavy atom. The Bertz CT molecular complexity index is 432. The molecule has 2 unspecified atom stereocenters. The molecule has 0 bridgehead atoms. The van der Waals surface area contributed by atoms with Gasteiger partial charge in [-0.15, -0.1) is 11.3 Å². The van der Waals surface area contributed by atoms with Crippen molar-refractivity contribution in [3.05, 3.63) is 40.8 Å². The highest BCUT2D eigenvalue weighted by atomic mass is 32.1. The van der Waals surface area contributed by atoms with E-state index >= 15 is 0 Å². The molecule has 0 aliphatic carbocycles. The van der Waals surface area contributed by atoms with Crippen molar-refractivity contribution in [2.75, 3.05) is 5.32 Å². The van der Waals surface area contributed by atoms with Gasteiger partial charge in [-0.3, -0.25) is 0 Å². The first-order chi connectivity index (χ1) is 8.25. The number of anilines is 1. The molecule has 0 saturated heterocycles. The summed E-state index contributed by atoms with van der Waals surface area (Å²) in [6, 6.07) is 5.79. The summed E-state index contributed by atoms with van der Waals surface area (Å²) in [5.41, 5.74) is 0. The minimum Gasteiger partial charge on any atom is -0.387 e. The fourth-order valence-corrected chi connectivity index (χ4v) is 2.31. The fraction of sp³-hybridized carbons (Fsp3) is 0.333. The molecule has 2 heterocycles. The van der Waals surface area contributed by atoms with E-state index in [1.54, 1.807) is 29.8 Å². The van der Waals surface area contributed by atoms with Gasteiger partial charge in [0.1, 0.15) is 0 Å². The summed E-state index contributed by atoms with van der Waals surface area (Å²) in [7, 11) is 0. The van der Waals surface area contributed by atoms with Gasteiger partial charge < -0.3 is 10.4 Å². The van der Waals surface area contributed by atoms with Crippen LogP contribution in [0.3, 0.4) is 0 Å². The third-order valence-electron chi connectivity index (χ3n) is 2.39. The van der Waals surface area contributed by atoms with Crippen molar-refractivity contribution in [3.8, 4) is 0 Å². The summed E-state index contributed by atoms with van der Waals surface area (Å²) in [6.45, 7) is 2.01. The van der Waals surface area contributed by atoms with Gasteiger partial charge in [0.25, 0.3) is 0 Å². The molecule has 0 aliphatic rings. The van der Waals surface area contributed by atoms with E-state index in [1.807, 2.05) is 24.4 Å². The van der Waals surface area contributed by atoms with Crippen LogP contribution in [0.2, 0.25) is 0 Å². The minimum absolute atomic E-state index is 0.120. The van der Waals surface area contributed by atoms with E-state index in [2.05, 4.69) is 15.3 Å². The van der Waals surface area contributed by atoms with E-state index in [-0.39, 0.29) is 6.04 Å². The zero-order valence-electron chi connectivity index (χ0n) is 9.58. The van der Waals surface area contributed by atoms with Crippen LogP contribution >= 0.6 is 11.3 Å². The second-order valence-electron chi connectivity index (χ2n) is 3.88. The van der Waals surface area contributed by atoms with Crippen LogP contribution in [0.5, 0.6) is 0 Å². The summed E-state index contributed by atoms with van der Waals surface area (Å²) < 4.78 is 0. The molecule has 17 heavy (non-hydrogen) atoms. The fourth-order valence-electron chi connectivity index (χ4n) is 1.58. The number of aliphatic hydroxyl groups is 1. The highest BCUT2D eigenvalue weighted by Crippen LogP contribution is 2.23. The first-order valence-electron chi connectivity index (χ1n) is 5.50. The Balaban J connectivity index is 1.87. The number of aromatic nitrogens is 2. The highest BCUT2D eigenvalue weighted by molar-refractivity contribution is 7.10. The Kier molecular flexibility index (Phi) is 4.06.